The lowest BCUT2D eigenvalue weighted by molar-refractivity contribution is -0.400. The Kier molecular flexibility index (Phi) is 12.6. The van der Waals surface area contributed by atoms with E-state index in [9.17, 15) is 40.2 Å². The molecule has 3 unspecified atom stereocenters. The molecule has 3 atom stereocenters. The van der Waals surface area contributed by atoms with E-state index < -0.39 is 81.9 Å². The van der Waals surface area contributed by atoms with Gasteiger partial charge in [-0.05, 0) is 58.1 Å². The van der Waals surface area contributed by atoms with Crippen LogP contribution in [0.4, 0.5) is 0 Å². The number of carbonyl (C=O) groups is 2. The van der Waals surface area contributed by atoms with E-state index in [1.807, 2.05) is 41.5 Å². The molecule has 0 bridgehead atoms. The first-order valence-electron chi connectivity index (χ1n) is 19.0. The van der Waals surface area contributed by atoms with Crippen LogP contribution in [0.1, 0.15) is 127 Å². The Bertz CT molecular complexity index is 1620. The van der Waals surface area contributed by atoms with Crippen LogP contribution in [-0.2, 0) is 39.4 Å². The zero-order valence-corrected chi connectivity index (χ0v) is 34.7. The standard InChI is InChI=1S/C43H64O12/c1-24-13-26(15-30(34(24)50)38(3,4)5)28(17-32(46)47)43(29(18-33(48)49)27-14-25(2)35(51)31(16-27)39(6,7)8)42(23-54-37(55-43)41(11,12)20-45)21-52-36(53-22-42)40(9,10)19-44/h13-16,28-29,36-37,44-45,50-51H,17-23H2,1-12H3,(H,46,47)(H,48,49). The van der Waals surface area contributed by atoms with Gasteiger partial charge in [-0.15, -0.1) is 0 Å². The van der Waals surface area contributed by atoms with Gasteiger partial charge < -0.3 is 49.6 Å². The van der Waals surface area contributed by atoms with Crippen LogP contribution in [0.25, 0.3) is 0 Å². The fraction of sp³-hybridized carbons (Fsp3) is 0.674. The Labute approximate surface area is 325 Å². The lowest BCUT2D eigenvalue weighted by atomic mass is 9.54. The molecule has 0 aliphatic carbocycles. The molecule has 4 rings (SSSR count). The number of aryl methyl sites for hydroxylation is 2. The summed E-state index contributed by atoms with van der Waals surface area (Å²) in [7, 11) is 0. The van der Waals surface area contributed by atoms with Crippen molar-refractivity contribution in [1.29, 1.82) is 0 Å². The zero-order chi connectivity index (χ0) is 41.7. The second-order valence-electron chi connectivity index (χ2n) is 19.4. The first kappa shape index (κ1) is 44.5. The van der Waals surface area contributed by atoms with Crippen molar-refractivity contribution in [3.05, 3.63) is 57.6 Å². The zero-order valence-electron chi connectivity index (χ0n) is 34.7. The van der Waals surface area contributed by atoms with E-state index in [-0.39, 0.29) is 44.5 Å². The number of aliphatic hydroxyl groups is 2. The summed E-state index contributed by atoms with van der Waals surface area (Å²) in [6, 6.07) is 7.00. The molecular formula is C43H64O12. The number of aliphatic hydroxyl groups excluding tert-OH is 2. The summed E-state index contributed by atoms with van der Waals surface area (Å²) in [5.41, 5.74) is -3.20. The molecule has 0 radical (unpaired) electrons. The number of hydrogen-bond acceptors (Lipinski definition) is 10. The van der Waals surface area contributed by atoms with Crippen LogP contribution in [0.3, 0.4) is 0 Å². The second kappa shape index (κ2) is 15.6. The third-order valence-corrected chi connectivity index (χ3v) is 11.6. The van der Waals surface area contributed by atoms with Gasteiger partial charge in [0.05, 0.1) is 56.9 Å². The third kappa shape index (κ3) is 8.55. The van der Waals surface area contributed by atoms with Gasteiger partial charge in [0.2, 0.25) is 0 Å². The van der Waals surface area contributed by atoms with Crippen molar-refractivity contribution in [2.45, 2.75) is 137 Å². The smallest absolute Gasteiger partial charge is 0.304 e. The molecule has 2 aromatic carbocycles. The molecule has 2 saturated heterocycles. The monoisotopic (exact) mass is 772 g/mol. The van der Waals surface area contributed by atoms with E-state index in [2.05, 4.69) is 0 Å². The largest absolute Gasteiger partial charge is 0.507 e. The molecule has 0 saturated carbocycles. The van der Waals surface area contributed by atoms with E-state index in [1.54, 1.807) is 65.8 Å². The van der Waals surface area contributed by atoms with Gasteiger partial charge in [0, 0.05) is 22.7 Å². The average Bonchev–Trinajstić information content (AvgIpc) is 3.08. The molecule has 2 fully saturated rings. The number of phenolic OH excluding ortho intramolecular Hbond substituents is 2. The first-order chi connectivity index (χ1) is 25.2. The van der Waals surface area contributed by atoms with Gasteiger partial charge in [0.1, 0.15) is 11.5 Å². The second-order valence-corrected chi connectivity index (χ2v) is 19.4. The fourth-order valence-electron chi connectivity index (χ4n) is 8.23. The average molecular weight is 773 g/mol. The molecule has 12 nitrogen and oxygen atoms in total. The predicted molar refractivity (Wildman–Crippen MR) is 206 cm³/mol. The number of carboxylic acids is 2. The Morgan fingerprint density at radius 3 is 1.33 bits per heavy atom. The summed E-state index contributed by atoms with van der Waals surface area (Å²) in [5.74, 6) is -4.50. The van der Waals surface area contributed by atoms with Crippen LogP contribution < -0.4 is 0 Å². The molecule has 2 aliphatic heterocycles. The van der Waals surface area contributed by atoms with Crippen molar-refractivity contribution in [2.24, 2.45) is 16.2 Å². The van der Waals surface area contributed by atoms with Gasteiger partial charge in [-0.1, -0.05) is 93.5 Å². The highest BCUT2D eigenvalue weighted by Gasteiger charge is 2.68. The summed E-state index contributed by atoms with van der Waals surface area (Å²) in [6.07, 6.45) is -3.11. The van der Waals surface area contributed by atoms with Crippen LogP contribution in [0.5, 0.6) is 11.5 Å². The number of carboxylic acid groups (broad SMARTS) is 2. The molecule has 55 heavy (non-hydrogen) atoms. The van der Waals surface area contributed by atoms with Gasteiger partial charge in [0.25, 0.3) is 0 Å². The van der Waals surface area contributed by atoms with E-state index in [0.717, 1.165) is 0 Å². The number of rotatable bonds is 12. The maximum absolute atomic E-state index is 13.3. The molecule has 2 aromatic rings. The highest BCUT2D eigenvalue weighted by atomic mass is 16.7. The number of ether oxygens (including phenoxy) is 4. The summed E-state index contributed by atoms with van der Waals surface area (Å²) in [5, 5.41) is 65.3. The van der Waals surface area contributed by atoms with E-state index in [0.29, 0.717) is 33.4 Å². The van der Waals surface area contributed by atoms with Crippen LogP contribution >= 0.6 is 0 Å². The Hall–Kier alpha value is -3.26. The number of benzene rings is 2. The fourth-order valence-corrected chi connectivity index (χ4v) is 8.23. The first-order valence-corrected chi connectivity index (χ1v) is 19.0. The normalized spacial score (nSPS) is 25.1. The topological polar surface area (TPSA) is 192 Å². The maximum atomic E-state index is 13.3. The minimum atomic E-state index is -1.83. The van der Waals surface area contributed by atoms with E-state index in [4.69, 9.17) is 18.9 Å². The molecular weight excluding hydrogens is 708 g/mol. The van der Waals surface area contributed by atoms with Crippen LogP contribution in [0.2, 0.25) is 0 Å². The van der Waals surface area contributed by atoms with Crippen molar-refractivity contribution >= 4 is 11.9 Å². The minimum Gasteiger partial charge on any atom is -0.507 e. The number of hydrogen-bond donors (Lipinski definition) is 6. The molecule has 0 amide bonds. The summed E-state index contributed by atoms with van der Waals surface area (Å²) in [6.45, 7) is 21.1. The van der Waals surface area contributed by atoms with Crippen molar-refractivity contribution < 1.29 is 59.2 Å². The van der Waals surface area contributed by atoms with Crippen molar-refractivity contribution in [2.75, 3.05) is 33.0 Å². The lowest BCUT2D eigenvalue weighted by Gasteiger charge is -2.63. The molecule has 6 N–H and O–H groups in total. The van der Waals surface area contributed by atoms with Gasteiger partial charge in [-0.3, -0.25) is 9.59 Å². The molecule has 2 heterocycles. The van der Waals surface area contributed by atoms with Crippen LogP contribution in [0.15, 0.2) is 24.3 Å². The van der Waals surface area contributed by atoms with Gasteiger partial charge in [0.15, 0.2) is 12.6 Å². The molecule has 2 aliphatic rings. The molecule has 308 valence electrons. The van der Waals surface area contributed by atoms with Gasteiger partial charge in [-0.25, -0.2) is 0 Å². The lowest BCUT2D eigenvalue weighted by Crippen LogP contribution is -2.71. The molecule has 12 heteroatoms. The van der Waals surface area contributed by atoms with Crippen molar-refractivity contribution in [3.8, 4) is 11.5 Å². The van der Waals surface area contributed by atoms with E-state index >= 15 is 0 Å². The Morgan fingerprint density at radius 1 is 0.655 bits per heavy atom. The number of aliphatic carboxylic acids is 2. The van der Waals surface area contributed by atoms with Gasteiger partial charge in [-0.2, -0.15) is 0 Å². The van der Waals surface area contributed by atoms with E-state index in [1.165, 1.54) is 0 Å². The Balaban J connectivity index is 2.26. The Morgan fingerprint density at radius 2 is 1.00 bits per heavy atom. The summed E-state index contributed by atoms with van der Waals surface area (Å²) >= 11 is 0. The van der Waals surface area contributed by atoms with Crippen LogP contribution in [-0.4, -0.2) is 93.8 Å². The maximum Gasteiger partial charge on any atom is 0.304 e. The SMILES string of the molecule is Cc1cc(C(CC(=O)O)C2(C(CC(=O)O)c3cc(C)c(O)c(C(C)(C)C)c3)OC(C(C)(C)CO)OCC23COC(C(C)(C)CO)OC3)cc(C(C)(C)C)c1O. The predicted octanol–water partition coefficient (Wildman–Crippen LogP) is 6.63. The van der Waals surface area contributed by atoms with Crippen LogP contribution in [0, 0.1) is 30.1 Å². The highest BCUT2D eigenvalue weighted by molar-refractivity contribution is 5.71. The number of aromatic hydroxyl groups is 2. The third-order valence-electron chi connectivity index (χ3n) is 11.6. The summed E-state index contributed by atoms with van der Waals surface area (Å²) < 4.78 is 26.8. The number of phenols is 2. The highest BCUT2D eigenvalue weighted by Crippen LogP contribution is 2.62. The van der Waals surface area contributed by atoms with Crippen molar-refractivity contribution in [3.63, 3.8) is 0 Å². The molecule has 1 spiro atoms. The minimum absolute atomic E-state index is 0.0609. The molecule has 0 aromatic heterocycles. The summed E-state index contributed by atoms with van der Waals surface area (Å²) in [4.78, 5) is 26.6. The van der Waals surface area contributed by atoms with Gasteiger partial charge >= 0.3 is 11.9 Å². The quantitative estimate of drug-likeness (QED) is 0.135. The van der Waals surface area contributed by atoms with Crippen molar-refractivity contribution in [1.82, 2.24) is 0 Å².